The van der Waals surface area contributed by atoms with Gasteiger partial charge in [-0.2, -0.15) is 0 Å². The molecule has 0 saturated heterocycles. The van der Waals surface area contributed by atoms with Gasteiger partial charge in [0, 0.05) is 12.1 Å². The third-order valence-electron chi connectivity index (χ3n) is 4.29. The maximum absolute atomic E-state index is 10.8. The van der Waals surface area contributed by atoms with Crippen LogP contribution < -0.4 is 5.73 Å². The van der Waals surface area contributed by atoms with Crippen molar-refractivity contribution in [3.8, 4) is 5.75 Å². The molecule has 0 aliphatic rings. The quantitative estimate of drug-likeness (QED) is 0.728. The third-order valence-corrected chi connectivity index (χ3v) is 4.29. The van der Waals surface area contributed by atoms with E-state index in [1.165, 1.54) is 5.56 Å². The summed E-state index contributed by atoms with van der Waals surface area (Å²) in [6.07, 6.45) is 2.11. The zero-order valence-electron chi connectivity index (χ0n) is 16.5. The Hall–Kier alpha value is -1.10. The number of aryl methyl sites for hydroxylation is 1. The monoisotopic (exact) mass is 335 g/mol. The summed E-state index contributed by atoms with van der Waals surface area (Å²) in [4.78, 5) is 4.63. The zero-order chi connectivity index (χ0) is 18.3. The van der Waals surface area contributed by atoms with Crippen molar-refractivity contribution in [1.29, 1.82) is 0 Å². The van der Waals surface area contributed by atoms with Crippen LogP contribution in [0.4, 0.5) is 0 Å². The molecule has 0 heterocycles. The molecule has 1 rings (SSSR count). The molecule has 1 aromatic carbocycles. The lowest BCUT2D eigenvalue weighted by atomic mass is 9.84. The first-order valence-corrected chi connectivity index (χ1v) is 9.05. The van der Waals surface area contributed by atoms with E-state index in [2.05, 4.69) is 63.7 Å². The van der Waals surface area contributed by atoms with E-state index in [1.807, 2.05) is 0 Å². The highest BCUT2D eigenvalue weighted by Gasteiger charge is 2.21. The Labute approximate surface area is 148 Å². The van der Waals surface area contributed by atoms with E-state index in [9.17, 15) is 5.11 Å². The average Bonchev–Trinajstić information content (AvgIpc) is 2.46. The summed E-state index contributed by atoms with van der Waals surface area (Å²) in [6, 6.07) is 4.22. The van der Waals surface area contributed by atoms with Gasteiger partial charge in [-0.15, -0.1) is 0 Å². The SMILES string of the molecule is Cc1cc(CN(CCCN)CCCN(C)C)c(O)c(C(C)(C)C)c1. The Morgan fingerprint density at radius 1 is 1.04 bits per heavy atom. The molecule has 0 saturated carbocycles. The van der Waals surface area contributed by atoms with Crippen LogP contribution in [0.15, 0.2) is 12.1 Å². The van der Waals surface area contributed by atoms with Crippen LogP contribution in [0.5, 0.6) is 5.75 Å². The molecule has 0 atom stereocenters. The molecule has 0 bridgehead atoms. The first-order chi connectivity index (χ1) is 11.1. The number of hydrogen-bond acceptors (Lipinski definition) is 4. The molecule has 0 aliphatic carbocycles. The summed E-state index contributed by atoms with van der Waals surface area (Å²) in [5.41, 5.74) is 8.91. The fourth-order valence-corrected chi connectivity index (χ4v) is 2.98. The van der Waals surface area contributed by atoms with Crippen LogP contribution in [0.1, 0.15) is 50.3 Å². The molecule has 0 radical (unpaired) electrons. The van der Waals surface area contributed by atoms with Crippen LogP contribution >= 0.6 is 0 Å². The molecule has 3 N–H and O–H groups in total. The van der Waals surface area contributed by atoms with Gasteiger partial charge in [-0.3, -0.25) is 4.90 Å². The molecule has 0 fully saturated rings. The van der Waals surface area contributed by atoms with E-state index in [1.54, 1.807) is 0 Å². The summed E-state index contributed by atoms with van der Waals surface area (Å²) in [7, 11) is 4.21. The van der Waals surface area contributed by atoms with Crippen molar-refractivity contribution < 1.29 is 5.11 Å². The molecule has 24 heavy (non-hydrogen) atoms. The molecule has 0 spiro atoms. The molecule has 1 aromatic rings. The van der Waals surface area contributed by atoms with Crippen LogP contribution in [0, 0.1) is 6.92 Å². The largest absolute Gasteiger partial charge is 0.507 e. The Kier molecular flexibility index (Phi) is 8.20. The number of rotatable bonds is 9. The van der Waals surface area contributed by atoms with Gasteiger partial charge in [0.25, 0.3) is 0 Å². The van der Waals surface area contributed by atoms with Gasteiger partial charge in [0.1, 0.15) is 5.75 Å². The molecule has 0 unspecified atom stereocenters. The van der Waals surface area contributed by atoms with Gasteiger partial charge in [-0.25, -0.2) is 0 Å². The maximum Gasteiger partial charge on any atom is 0.123 e. The van der Waals surface area contributed by atoms with E-state index < -0.39 is 0 Å². The lowest BCUT2D eigenvalue weighted by molar-refractivity contribution is 0.243. The summed E-state index contributed by atoms with van der Waals surface area (Å²) >= 11 is 0. The van der Waals surface area contributed by atoms with Gasteiger partial charge in [0.05, 0.1) is 0 Å². The van der Waals surface area contributed by atoms with Crippen molar-refractivity contribution in [3.05, 3.63) is 28.8 Å². The Morgan fingerprint density at radius 3 is 2.21 bits per heavy atom. The number of phenols is 1. The number of nitrogens with two attached hydrogens (primary N) is 1. The van der Waals surface area contributed by atoms with Crippen molar-refractivity contribution >= 4 is 0 Å². The van der Waals surface area contributed by atoms with E-state index in [0.29, 0.717) is 12.3 Å². The van der Waals surface area contributed by atoms with Crippen LogP contribution in [0.3, 0.4) is 0 Å². The van der Waals surface area contributed by atoms with Gasteiger partial charge < -0.3 is 15.7 Å². The standard InChI is InChI=1S/C20H37N3O/c1-16-13-17(19(24)18(14-16)20(2,3)4)15-23(11-7-9-21)12-8-10-22(5)6/h13-14,24H,7-12,15,21H2,1-6H3. The minimum absolute atomic E-state index is 0.0577. The Bertz CT molecular complexity index is 506. The fourth-order valence-electron chi connectivity index (χ4n) is 2.98. The summed E-state index contributed by atoms with van der Waals surface area (Å²) in [6.45, 7) is 13.1. The first-order valence-electron chi connectivity index (χ1n) is 9.05. The molecular formula is C20H37N3O. The van der Waals surface area contributed by atoms with E-state index in [-0.39, 0.29) is 5.41 Å². The molecule has 0 aliphatic heterocycles. The van der Waals surface area contributed by atoms with Crippen LogP contribution in [0.25, 0.3) is 0 Å². The smallest absolute Gasteiger partial charge is 0.123 e. The van der Waals surface area contributed by atoms with Crippen LogP contribution in [-0.4, -0.2) is 55.2 Å². The second-order valence-electron chi connectivity index (χ2n) is 8.15. The molecular weight excluding hydrogens is 298 g/mol. The predicted octanol–water partition coefficient (Wildman–Crippen LogP) is 3.10. The summed E-state index contributed by atoms with van der Waals surface area (Å²) in [5.74, 6) is 0.457. The van der Waals surface area contributed by atoms with Crippen molar-refractivity contribution in [2.45, 2.75) is 52.5 Å². The van der Waals surface area contributed by atoms with Gasteiger partial charge >= 0.3 is 0 Å². The Balaban J connectivity index is 2.93. The van der Waals surface area contributed by atoms with E-state index in [4.69, 9.17) is 5.73 Å². The number of phenolic OH excluding ortho intramolecular Hbond substituents is 1. The van der Waals surface area contributed by atoms with Gasteiger partial charge in [-0.05, 0) is 71.0 Å². The highest BCUT2D eigenvalue weighted by atomic mass is 16.3. The normalized spacial score (nSPS) is 12.4. The second kappa shape index (κ2) is 9.40. The number of nitrogens with zero attached hydrogens (tertiary/aromatic N) is 2. The lowest BCUT2D eigenvalue weighted by Crippen LogP contribution is -2.29. The number of hydrogen-bond donors (Lipinski definition) is 2. The highest BCUT2D eigenvalue weighted by molar-refractivity contribution is 5.46. The molecule has 4 nitrogen and oxygen atoms in total. The molecule has 138 valence electrons. The van der Waals surface area contributed by atoms with Gasteiger partial charge in [-0.1, -0.05) is 38.5 Å². The van der Waals surface area contributed by atoms with Crippen molar-refractivity contribution in [3.63, 3.8) is 0 Å². The van der Waals surface area contributed by atoms with Crippen molar-refractivity contribution in [2.75, 3.05) is 40.3 Å². The number of benzene rings is 1. The van der Waals surface area contributed by atoms with Crippen LogP contribution in [-0.2, 0) is 12.0 Å². The van der Waals surface area contributed by atoms with Gasteiger partial charge in [0.15, 0.2) is 0 Å². The molecule has 0 amide bonds. The lowest BCUT2D eigenvalue weighted by Gasteiger charge is -2.27. The van der Waals surface area contributed by atoms with Gasteiger partial charge in [0.2, 0.25) is 0 Å². The maximum atomic E-state index is 10.8. The second-order valence-corrected chi connectivity index (χ2v) is 8.15. The highest BCUT2D eigenvalue weighted by Crippen LogP contribution is 2.35. The molecule has 0 aromatic heterocycles. The van der Waals surface area contributed by atoms with E-state index in [0.717, 1.165) is 50.1 Å². The predicted molar refractivity (Wildman–Crippen MR) is 104 cm³/mol. The topological polar surface area (TPSA) is 52.7 Å². The first kappa shape index (κ1) is 20.9. The van der Waals surface area contributed by atoms with E-state index >= 15 is 0 Å². The summed E-state index contributed by atoms with van der Waals surface area (Å²) in [5, 5.41) is 10.8. The average molecular weight is 336 g/mol. The third kappa shape index (κ3) is 6.80. The molecule has 4 heteroatoms. The Morgan fingerprint density at radius 2 is 1.67 bits per heavy atom. The van der Waals surface area contributed by atoms with Crippen molar-refractivity contribution in [1.82, 2.24) is 9.80 Å². The minimum atomic E-state index is -0.0577. The zero-order valence-corrected chi connectivity index (χ0v) is 16.5. The fraction of sp³-hybridized carbons (Fsp3) is 0.700. The number of aromatic hydroxyl groups is 1. The minimum Gasteiger partial charge on any atom is -0.507 e. The van der Waals surface area contributed by atoms with Crippen LogP contribution in [0.2, 0.25) is 0 Å². The van der Waals surface area contributed by atoms with Crippen molar-refractivity contribution in [2.24, 2.45) is 5.73 Å². The summed E-state index contributed by atoms with van der Waals surface area (Å²) < 4.78 is 0.